The van der Waals surface area contributed by atoms with Crippen LogP contribution >= 0.6 is 15.9 Å². The highest BCUT2D eigenvalue weighted by molar-refractivity contribution is 9.10. The average Bonchev–Trinajstić information content (AvgIpc) is 2.67. The number of halogens is 1. The summed E-state index contributed by atoms with van der Waals surface area (Å²) in [5.41, 5.74) is 0.320. The van der Waals surface area contributed by atoms with Crippen LogP contribution in [-0.4, -0.2) is 61.8 Å². The van der Waals surface area contributed by atoms with E-state index >= 15 is 0 Å². The van der Waals surface area contributed by atoms with Gasteiger partial charge >= 0.3 is 0 Å². The maximum atomic E-state index is 11.6. The molecule has 0 amide bonds. The van der Waals surface area contributed by atoms with E-state index in [0.717, 1.165) is 54.1 Å². The number of rotatable bonds is 6. The minimum absolute atomic E-state index is 0.332. The van der Waals surface area contributed by atoms with Crippen molar-refractivity contribution in [2.24, 2.45) is 5.92 Å². The topological polar surface area (TPSA) is 35.9 Å². The van der Waals surface area contributed by atoms with Gasteiger partial charge in [0.2, 0.25) is 0 Å². The van der Waals surface area contributed by atoms with Gasteiger partial charge in [-0.2, -0.15) is 0 Å². The third-order valence-corrected chi connectivity index (χ3v) is 7.39. The lowest BCUT2D eigenvalue weighted by Crippen LogP contribution is -2.44. The molecule has 5 heteroatoms. The number of piperidine rings is 1. The minimum atomic E-state index is -0.713. The van der Waals surface area contributed by atoms with Crippen molar-refractivity contribution >= 4 is 15.9 Å². The summed E-state index contributed by atoms with van der Waals surface area (Å²) >= 11 is 3.59. The molecule has 1 N–H and O–H groups in total. The summed E-state index contributed by atoms with van der Waals surface area (Å²) in [5.74, 6) is 1.15. The van der Waals surface area contributed by atoms with Crippen LogP contribution in [-0.2, 0) is 5.60 Å². The molecule has 1 aromatic rings. The van der Waals surface area contributed by atoms with Crippen LogP contribution in [0.1, 0.15) is 50.5 Å². The van der Waals surface area contributed by atoms with Crippen molar-refractivity contribution in [3.05, 3.63) is 28.2 Å². The first-order valence-electron chi connectivity index (χ1n) is 10.4. The van der Waals surface area contributed by atoms with Gasteiger partial charge in [-0.15, -0.1) is 0 Å². The van der Waals surface area contributed by atoms with Gasteiger partial charge in [-0.1, -0.05) is 18.9 Å². The predicted molar refractivity (Wildman–Crippen MR) is 114 cm³/mol. The summed E-state index contributed by atoms with van der Waals surface area (Å²) in [5, 5.41) is 11.6. The molecule has 2 fully saturated rings. The number of likely N-dealkylation sites (tertiary alicyclic amines) is 1. The van der Waals surface area contributed by atoms with Gasteiger partial charge in [-0.3, -0.25) is 0 Å². The Morgan fingerprint density at radius 1 is 1.22 bits per heavy atom. The van der Waals surface area contributed by atoms with Crippen molar-refractivity contribution in [3.63, 3.8) is 0 Å². The summed E-state index contributed by atoms with van der Waals surface area (Å²) in [6.45, 7) is 3.47. The van der Waals surface area contributed by atoms with E-state index in [4.69, 9.17) is 4.74 Å². The SMILES string of the molecule is COc1ccc(C2(O)CCCCC2CCN2CCC(N(C)C)CC2)cc1Br. The number of ether oxygens (including phenoxy) is 1. The van der Waals surface area contributed by atoms with Crippen LogP contribution < -0.4 is 4.74 Å². The number of methoxy groups -OCH3 is 1. The number of benzene rings is 1. The Morgan fingerprint density at radius 3 is 2.59 bits per heavy atom. The van der Waals surface area contributed by atoms with Crippen LogP contribution in [0.5, 0.6) is 5.75 Å². The molecule has 1 aliphatic carbocycles. The monoisotopic (exact) mass is 438 g/mol. The number of aliphatic hydroxyl groups is 1. The molecule has 0 spiro atoms. The molecule has 2 unspecified atom stereocenters. The summed E-state index contributed by atoms with van der Waals surface area (Å²) < 4.78 is 6.28. The molecule has 0 bridgehead atoms. The second-order valence-electron chi connectivity index (χ2n) is 8.54. The lowest BCUT2D eigenvalue weighted by Gasteiger charge is -2.42. The smallest absolute Gasteiger partial charge is 0.133 e. The molecule has 1 heterocycles. The Hall–Kier alpha value is -0.620. The van der Waals surface area contributed by atoms with Crippen molar-refractivity contribution in [1.82, 2.24) is 9.80 Å². The van der Waals surface area contributed by atoms with E-state index in [-0.39, 0.29) is 0 Å². The highest BCUT2D eigenvalue weighted by Gasteiger charge is 2.40. The lowest BCUT2D eigenvalue weighted by atomic mass is 9.70. The average molecular weight is 439 g/mol. The quantitative estimate of drug-likeness (QED) is 0.719. The Balaban J connectivity index is 1.64. The van der Waals surface area contributed by atoms with E-state index in [2.05, 4.69) is 45.9 Å². The summed E-state index contributed by atoms with van der Waals surface area (Å²) in [4.78, 5) is 4.96. The Morgan fingerprint density at radius 2 is 1.96 bits per heavy atom. The van der Waals surface area contributed by atoms with Gasteiger partial charge in [0.15, 0.2) is 0 Å². The fraction of sp³-hybridized carbons (Fsp3) is 0.727. The van der Waals surface area contributed by atoms with Crippen molar-refractivity contribution < 1.29 is 9.84 Å². The zero-order chi connectivity index (χ0) is 19.4. The molecular weight excluding hydrogens is 404 g/mol. The van der Waals surface area contributed by atoms with Crippen LogP contribution in [0.4, 0.5) is 0 Å². The highest BCUT2D eigenvalue weighted by atomic mass is 79.9. The molecule has 3 rings (SSSR count). The van der Waals surface area contributed by atoms with Gasteiger partial charge in [0.05, 0.1) is 17.2 Å². The summed E-state index contributed by atoms with van der Waals surface area (Å²) in [6.07, 6.45) is 7.90. The van der Waals surface area contributed by atoms with E-state index < -0.39 is 5.60 Å². The maximum Gasteiger partial charge on any atom is 0.133 e. The Labute approximate surface area is 173 Å². The van der Waals surface area contributed by atoms with E-state index in [9.17, 15) is 5.11 Å². The van der Waals surface area contributed by atoms with Crippen LogP contribution in [0.15, 0.2) is 22.7 Å². The van der Waals surface area contributed by atoms with E-state index in [1.807, 2.05) is 12.1 Å². The van der Waals surface area contributed by atoms with Crippen molar-refractivity contribution in [3.8, 4) is 5.75 Å². The molecule has 1 saturated carbocycles. The van der Waals surface area contributed by atoms with Crippen molar-refractivity contribution in [1.29, 1.82) is 0 Å². The van der Waals surface area contributed by atoms with Crippen molar-refractivity contribution in [2.75, 3.05) is 40.8 Å². The molecular formula is C22H35BrN2O2. The van der Waals surface area contributed by atoms with Gasteiger partial charge in [0, 0.05) is 6.04 Å². The molecule has 2 aliphatic rings. The van der Waals surface area contributed by atoms with Gasteiger partial charge in [0.1, 0.15) is 5.75 Å². The van der Waals surface area contributed by atoms with E-state index in [1.165, 1.54) is 32.4 Å². The summed E-state index contributed by atoms with van der Waals surface area (Å²) in [7, 11) is 6.06. The zero-order valence-electron chi connectivity index (χ0n) is 17.1. The van der Waals surface area contributed by atoms with Crippen molar-refractivity contribution in [2.45, 2.75) is 56.6 Å². The van der Waals surface area contributed by atoms with Gasteiger partial charge < -0.3 is 19.6 Å². The first-order valence-corrected chi connectivity index (χ1v) is 11.2. The highest BCUT2D eigenvalue weighted by Crippen LogP contribution is 2.45. The van der Waals surface area contributed by atoms with Crippen LogP contribution in [0.25, 0.3) is 0 Å². The van der Waals surface area contributed by atoms with E-state index in [1.54, 1.807) is 7.11 Å². The van der Waals surface area contributed by atoms with Crippen LogP contribution in [0.2, 0.25) is 0 Å². The zero-order valence-corrected chi connectivity index (χ0v) is 18.7. The molecule has 1 saturated heterocycles. The minimum Gasteiger partial charge on any atom is -0.496 e. The standard InChI is InChI=1S/C22H35BrN2O2/c1-24(2)19-10-14-25(15-11-19)13-9-17-6-4-5-12-22(17,26)18-7-8-21(27-3)20(23)16-18/h7-8,16-17,19,26H,4-6,9-15H2,1-3H3. The van der Waals surface area contributed by atoms with Crippen LogP contribution in [0.3, 0.4) is 0 Å². The molecule has 27 heavy (non-hydrogen) atoms. The molecule has 152 valence electrons. The fourth-order valence-electron chi connectivity index (χ4n) is 4.92. The molecule has 0 aromatic heterocycles. The third kappa shape index (κ3) is 4.87. The number of hydrogen-bond donors (Lipinski definition) is 1. The molecule has 1 aromatic carbocycles. The fourth-order valence-corrected chi connectivity index (χ4v) is 5.47. The van der Waals surface area contributed by atoms with Gasteiger partial charge in [0.25, 0.3) is 0 Å². The lowest BCUT2D eigenvalue weighted by molar-refractivity contribution is -0.0608. The second kappa shape index (κ2) is 9.25. The third-order valence-electron chi connectivity index (χ3n) is 6.77. The first kappa shape index (κ1) is 21.1. The number of nitrogens with zero attached hydrogens (tertiary/aromatic N) is 2. The predicted octanol–water partition coefficient (Wildman–Crippen LogP) is 4.25. The second-order valence-corrected chi connectivity index (χ2v) is 9.40. The molecule has 2 atom stereocenters. The van der Waals surface area contributed by atoms with Gasteiger partial charge in [-0.05, 0) is 105 Å². The largest absolute Gasteiger partial charge is 0.496 e. The van der Waals surface area contributed by atoms with Gasteiger partial charge in [-0.25, -0.2) is 0 Å². The normalized spacial score (nSPS) is 27.9. The Bertz CT molecular complexity index is 616. The molecule has 1 aliphatic heterocycles. The molecule has 0 radical (unpaired) electrons. The first-order chi connectivity index (χ1) is 12.9. The summed E-state index contributed by atoms with van der Waals surface area (Å²) in [6, 6.07) is 6.80. The molecule has 4 nitrogen and oxygen atoms in total. The van der Waals surface area contributed by atoms with Crippen LogP contribution in [0, 0.1) is 5.92 Å². The number of hydrogen-bond acceptors (Lipinski definition) is 4. The maximum absolute atomic E-state index is 11.6. The van der Waals surface area contributed by atoms with E-state index in [0.29, 0.717) is 5.92 Å². The Kier molecular flexibility index (Phi) is 7.23.